The van der Waals surface area contributed by atoms with E-state index in [1.54, 1.807) is 11.3 Å². The molecule has 1 atom stereocenters. The van der Waals surface area contributed by atoms with E-state index < -0.39 is 0 Å². The van der Waals surface area contributed by atoms with Crippen LogP contribution in [0.1, 0.15) is 25.6 Å². The first-order chi connectivity index (χ1) is 6.98. The molecule has 1 unspecified atom stereocenters. The number of thiophene rings is 1. The fourth-order valence-electron chi connectivity index (χ4n) is 1.25. The van der Waals surface area contributed by atoms with Gasteiger partial charge in [0.2, 0.25) is 0 Å². The molecule has 0 bridgehead atoms. The van der Waals surface area contributed by atoms with Crippen LogP contribution in [0.2, 0.25) is 4.34 Å². The first kappa shape index (κ1) is 16.2. The Morgan fingerprint density at radius 2 is 2.12 bits per heavy atom. The molecule has 16 heavy (non-hydrogen) atoms. The summed E-state index contributed by atoms with van der Waals surface area (Å²) in [6, 6.07) is 3.98. The molecule has 0 saturated heterocycles. The van der Waals surface area contributed by atoms with Crippen LogP contribution < -0.4 is 11.1 Å². The summed E-state index contributed by atoms with van der Waals surface area (Å²) < 4.78 is 0.839. The minimum atomic E-state index is -0.00351. The van der Waals surface area contributed by atoms with E-state index >= 15 is 0 Å². The summed E-state index contributed by atoms with van der Waals surface area (Å²) in [5.41, 5.74) is 5.79. The number of hydrogen-bond acceptors (Lipinski definition) is 3. The van der Waals surface area contributed by atoms with E-state index in [4.69, 9.17) is 17.3 Å². The van der Waals surface area contributed by atoms with Gasteiger partial charge in [-0.25, -0.2) is 0 Å². The number of halogens is 2. The molecule has 1 aromatic heterocycles. The van der Waals surface area contributed by atoms with Gasteiger partial charge in [0.15, 0.2) is 0 Å². The third-order valence-electron chi connectivity index (χ3n) is 2.99. The summed E-state index contributed by atoms with van der Waals surface area (Å²) in [4.78, 5) is 1.25. The molecule has 1 heterocycles. The number of rotatable bonds is 5. The summed E-state index contributed by atoms with van der Waals surface area (Å²) in [7, 11) is 0. The van der Waals surface area contributed by atoms with E-state index in [0.29, 0.717) is 12.5 Å². The molecule has 1 aromatic rings. The molecule has 94 valence electrons. The van der Waals surface area contributed by atoms with Crippen molar-refractivity contribution in [1.82, 2.24) is 5.32 Å². The van der Waals surface area contributed by atoms with Gasteiger partial charge in [-0.15, -0.1) is 23.7 Å². The number of hydrogen-bond donors (Lipinski definition) is 2. The van der Waals surface area contributed by atoms with Crippen LogP contribution in [-0.4, -0.2) is 12.1 Å². The Kier molecular flexibility index (Phi) is 6.90. The Bertz CT molecular complexity index is 315. The SMILES string of the molecule is CC(C)C(C)(CN)NCc1ccc(Cl)s1.Cl. The van der Waals surface area contributed by atoms with Crippen LogP contribution in [0.3, 0.4) is 0 Å². The zero-order chi connectivity index (χ0) is 11.5. The molecule has 0 fully saturated rings. The van der Waals surface area contributed by atoms with Crippen LogP contribution in [-0.2, 0) is 6.54 Å². The molecule has 0 aliphatic carbocycles. The summed E-state index contributed by atoms with van der Waals surface area (Å²) >= 11 is 7.49. The third-order valence-corrected chi connectivity index (χ3v) is 4.22. The van der Waals surface area contributed by atoms with Crippen molar-refractivity contribution >= 4 is 35.3 Å². The second-order valence-electron chi connectivity index (χ2n) is 4.34. The normalized spacial score (nSPS) is 14.6. The maximum Gasteiger partial charge on any atom is 0.0931 e. The van der Waals surface area contributed by atoms with Gasteiger partial charge in [0.1, 0.15) is 0 Å². The summed E-state index contributed by atoms with van der Waals surface area (Å²) in [6.45, 7) is 8.00. The first-order valence-electron chi connectivity index (χ1n) is 5.17. The smallest absolute Gasteiger partial charge is 0.0931 e. The minimum Gasteiger partial charge on any atom is -0.329 e. The predicted molar refractivity (Wildman–Crippen MR) is 75.7 cm³/mol. The van der Waals surface area contributed by atoms with Crippen molar-refractivity contribution in [2.75, 3.05) is 6.54 Å². The standard InChI is InChI=1S/C11H19ClN2S.ClH/c1-8(2)11(3,7-13)14-6-9-4-5-10(12)15-9;/h4-5,8,14H,6-7,13H2,1-3H3;1H. The lowest BCUT2D eigenvalue weighted by Crippen LogP contribution is -2.52. The lowest BCUT2D eigenvalue weighted by Gasteiger charge is -2.33. The van der Waals surface area contributed by atoms with Gasteiger partial charge >= 0.3 is 0 Å². The monoisotopic (exact) mass is 282 g/mol. The predicted octanol–water partition coefficient (Wildman–Crippen LogP) is 3.29. The van der Waals surface area contributed by atoms with Gasteiger partial charge in [0.05, 0.1) is 4.34 Å². The largest absolute Gasteiger partial charge is 0.329 e. The molecule has 0 saturated carbocycles. The highest BCUT2D eigenvalue weighted by atomic mass is 35.5. The highest BCUT2D eigenvalue weighted by molar-refractivity contribution is 7.16. The van der Waals surface area contributed by atoms with Crippen LogP contribution >= 0.6 is 35.3 Å². The van der Waals surface area contributed by atoms with Gasteiger partial charge in [-0.2, -0.15) is 0 Å². The van der Waals surface area contributed by atoms with Crippen molar-refractivity contribution in [2.24, 2.45) is 11.7 Å². The van der Waals surface area contributed by atoms with Crippen LogP contribution in [0.25, 0.3) is 0 Å². The second kappa shape index (κ2) is 6.82. The van der Waals surface area contributed by atoms with Crippen LogP contribution in [0.4, 0.5) is 0 Å². The average molecular weight is 283 g/mol. The molecule has 0 aliphatic heterocycles. The molecule has 3 N–H and O–H groups in total. The van der Waals surface area contributed by atoms with Crippen molar-refractivity contribution in [2.45, 2.75) is 32.9 Å². The molecular formula is C11H20Cl2N2S. The topological polar surface area (TPSA) is 38.0 Å². The molecule has 5 heteroatoms. The minimum absolute atomic E-state index is 0. The average Bonchev–Trinajstić information content (AvgIpc) is 2.60. The molecule has 0 aliphatic rings. The van der Waals surface area contributed by atoms with Crippen LogP contribution in [0, 0.1) is 5.92 Å². The highest BCUT2D eigenvalue weighted by Crippen LogP contribution is 2.22. The molecular weight excluding hydrogens is 263 g/mol. The Morgan fingerprint density at radius 3 is 2.50 bits per heavy atom. The van der Waals surface area contributed by atoms with Gasteiger partial charge < -0.3 is 11.1 Å². The third kappa shape index (κ3) is 4.22. The number of nitrogens with two attached hydrogens (primary N) is 1. The molecule has 0 radical (unpaired) electrons. The van der Waals surface area contributed by atoms with Crippen molar-refractivity contribution in [3.8, 4) is 0 Å². The van der Waals surface area contributed by atoms with Crippen molar-refractivity contribution in [1.29, 1.82) is 0 Å². The van der Waals surface area contributed by atoms with Gasteiger partial charge in [-0.1, -0.05) is 25.4 Å². The van der Waals surface area contributed by atoms with Gasteiger partial charge in [0, 0.05) is 23.5 Å². The first-order valence-corrected chi connectivity index (χ1v) is 6.36. The van der Waals surface area contributed by atoms with E-state index in [9.17, 15) is 0 Å². The molecule has 1 rings (SSSR count). The Morgan fingerprint density at radius 1 is 1.50 bits per heavy atom. The van der Waals surface area contributed by atoms with Crippen LogP contribution in [0.15, 0.2) is 12.1 Å². The maximum atomic E-state index is 5.87. The molecule has 0 aromatic carbocycles. The molecule has 0 spiro atoms. The van der Waals surface area contributed by atoms with Gasteiger partial charge in [-0.3, -0.25) is 0 Å². The second-order valence-corrected chi connectivity index (χ2v) is 6.14. The fraction of sp³-hybridized carbons (Fsp3) is 0.636. The zero-order valence-corrected chi connectivity index (χ0v) is 12.3. The zero-order valence-electron chi connectivity index (χ0n) is 9.92. The van der Waals surface area contributed by atoms with E-state index in [-0.39, 0.29) is 17.9 Å². The Balaban J connectivity index is 0.00000225. The molecule has 2 nitrogen and oxygen atoms in total. The summed E-state index contributed by atoms with van der Waals surface area (Å²) in [5.74, 6) is 0.512. The van der Waals surface area contributed by atoms with Gasteiger partial charge in [0.25, 0.3) is 0 Å². The van der Waals surface area contributed by atoms with Gasteiger partial charge in [-0.05, 0) is 25.0 Å². The van der Waals surface area contributed by atoms with Crippen molar-refractivity contribution in [3.05, 3.63) is 21.3 Å². The number of nitrogens with one attached hydrogen (secondary N) is 1. The van der Waals surface area contributed by atoms with Crippen molar-refractivity contribution < 1.29 is 0 Å². The van der Waals surface area contributed by atoms with Crippen molar-refractivity contribution in [3.63, 3.8) is 0 Å². The van der Waals surface area contributed by atoms with E-state index in [2.05, 4.69) is 32.2 Å². The van der Waals surface area contributed by atoms with Crippen LogP contribution in [0.5, 0.6) is 0 Å². The van der Waals surface area contributed by atoms with E-state index in [1.807, 2.05) is 6.07 Å². The Hall–Kier alpha value is 0.200. The summed E-state index contributed by atoms with van der Waals surface area (Å²) in [6.07, 6.45) is 0. The maximum absolute atomic E-state index is 5.87. The molecule has 0 amide bonds. The van der Waals surface area contributed by atoms with E-state index in [0.717, 1.165) is 10.9 Å². The summed E-state index contributed by atoms with van der Waals surface area (Å²) in [5, 5.41) is 3.50. The van der Waals surface area contributed by atoms with E-state index in [1.165, 1.54) is 4.88 Å². The lowest BCUT2D eigenvalue weighted by atomic mass is 9.88. The Labute approximate surface area is 113 Å². The highest BCUT2D eigenvalue weighted by Gasteiger charge is 2.25. The fourth-order valence-corrected chi connectivity index (χ4v) is 2.28. The quantitative estimate of drug-likeness (QED) is 0.870. The lowest BCUT2D eigenvalue weighted by molar-refractivity contribution is 0.268.